The molecule has 7 nitrogen and oxygen atoms in total. The fourth-order valence-electron chi connectivity index (χ4n) is 2.83. The van der Waals surface area contributed by atoms with Crippen molar-refractivity contribution in [3.8, 4) is 0 Å². The van der Waals surface area contributed by atoms with Crippen molar-refractivity contribution in [2.24, 2.45) is 10.8 Å². The van der Waals surface area contributed by atoms with Crippen molar-refractivity contribution in [2.45, 2.75) is 53.5 Å². The fraction of sp³-hybridized carbons (Fsp3) is 0.722. The molecule has 1 aromatic heterocycles. The van der Waals surface area contributed by atoms with E-state index in [0.29, 0.717) is 12.6 Å². The maximum Gasteiger partial charge on any atom is 0.301 e. The Hall–Kier alpha value is -1.89. The second-order valence-electron chi connectivity index (χ2n) is 8.36. The van der Waals surface area contributed by atoms with E-state index in [1.54, 1.807) is 0 Å². The molecule has 0 saturated carbocycles. The van der Waals surface area contributed by atoms with Gasteiger partial charge in [-0.2, -0.15) is 0 Å². The number of carbonyl (C=O) groups excluding carboxylic acids is 2. The van der Waals surface area contributed by atoms with Gasteiger partial charge in [-0.25, -0.2) is 4.98 Å². The van der Waals surface area contributed by atoms with Crippen LogP contribution in [0.1, 0.15) is 47.5 Å². The molecule has 1 atom stereocenters. The number of nitrogens with zero attached hydrogens (tertiary/aromatic N) is 2. The second-order valence-corrected chi connectivity index (χ2v) is 8.36. The summed E-state index contributed by atoms with van der Waals surface area (Å²) < 4.78 is 5.07. The van der Waals surface area contributed by atoms with Crippen LogP contribution in [-0.2, 0) is 9.59 Å². The highest BCUT2D eigenvalue weighted by molar-refractivity contribution is 5.93. The number of nitrogens with one attached hydrogen (secondary N) is 2. The van der Waals surface area contributed by atoms with Crippen molar-refractivity contribution in [3.63, 3.8) is 0 Å². The first-order valence-electron chi connectivity index (χ1n) is 8.83. The molecule has 1 saturated heterocycles. The molecule has 1 fully saturated rings. The summed E-state index contributed by atoms with van der Waals surface area (Å²) in [4.78, 5) is 30.6. The molecule has 7 heteroatoms. The van der Waals surface area contributed by atoms with Crippen LogP contribution in [0.25, 0.3) is 0 Å². The minimum Gasteiger partial charge on any atom is -0.432 e. The number of likely N-dealkylation sites (tertiary alicyclic amines) is 1. The van der Waals surface area contributed by atoms with E-state index in [1.165, 1.54) is 12.5 Å². The van der Waals surface area contributed by atoms with Crippen LogP contribution in [0.4, 0.5) is 6.01 Å². The first kappa shape index (κ1) is 19.4. The molecule has 140 valence electrons. The Morgan fingerprint density at radius 3 is 2.52 bits per heavy atom. The zero-order valence-corrected chi connectivity index (χ0v) is 15.9. The number of amides is 2. The van der Waals surface area contributed by atoms with Crippen molar-refractivity contribution in [2.75, 3.05) is 25.0 Å². The number of carbonyl (C=O) groups is 2. The molecule has 0 aromatic carbocycles. The normalized spacial score (nSPS) is 18.5. The summed E-state index contributed by atoms with van der Waals surface area (Å²) in [7, 11) is 0. The lowest BCUT2D eigenvalue weighted by molar-refractivity contribution is -0.128. The van der Waals surface area contributed by atoms with Crippen LogP contribution in [0.15, 0.2) is 16.9 Å². The predicted octanol–water partition coefficient (Wildman–Crippen LogP) is 2.27. The number of hydrogen-bond donors (Lipinski definition) is 2. The summed E-state index contributed by atoms with van der Waals surface area (Å²) in [5.74, 6) is -0.0296. The molecular weight excluding hydrogens is 320 g/mol. The molecule has 25 heavy (non-hydrogen) atoms. The van der Waals surface area contributed by atoms with E-state index in [-0.39, 0.29) is 23.2 Å². The van der Waals surface area contributed by atoms with Crippen LogP contribution in [0, 0.1) is 10.8 Å². The van der Waals surface area contributed by atoms with Crippen LogP contribution in [0.2, 0.25) is 0 Å². The predicted molar refractivity (Wildman–Crippen MR) is 96.0 cm³/mol. The Bertz CT molecular complexity index is 590. The number of oxazole rings is 1. The Labute approximate surface area is 149 Å². The molecule has 0 bridgehead atoms. The molecule has 2 N–H and O–H groups in total. The zero-order valence-electron chi connectivity index (χ0n) is 15.9. The largest absolute Gasteiger partial charge is 0.432 e. The summed E-state index contributed by atoms with van der Waals surface area (Å²) in [6.07, 6.45) is 4.76. The van der Waals surface area contributed by atoms with E-state index in [0.717, 1.165) is 25.9 Å². The first-order valence-corrected chi connectivity index (χ1v) is 8.83. The molecule has 0 spiro atoms. The molecule has 1 aromatic rings. The van der Waals surface area contributed by atoms with Gasteiger partial charge < -0.3 is 9.73 Å². The molecule has 2 rings (SSSR count). The van der Waals surface area contributed by atoms with E-state index in [2.05, 4.69) is 20.5 Å². The Morgan fingerprint density at radius 2 is 2.00 bits per heavy atom. The molecule has 1 aliphatic heterocycles. The summed E-state index contributed by atoms with van der Waals surface area (Å²) in [6.45, 7) is 12.0. The molecule has 2 heterocycles. The van der Waals surface area contributed by atoms with Gasteiger partial charge in [0.05, 0.1) is 6.20 Å². The maximum atomic E-state index is 12.4. The van der Waals surface area contributed by atoms with Crippen LogP contribution < -0.4 is 10.6 Å². The number of anilines is 1. The Kier molecular flexibility index (Phi) is 5.87. The number of hydrogen-bond acceptors (Lipinski definition) is 5. The van der Waals surface area contributed by atoms with Crippen molar-refractivity contribution in [1.82, 2.24) is 15.2 Å². The number of aromatic nitrogens is 1. The molecule has 0 radical (unpaired) electrons. The van der Waals surface area contributed by atoms with Gasteiger partial charge in [-0.05, 0) is 19.4 Å². The maximum absolute atomic E-state index is 12.4. The van der Waals surface area contributed by atoms with E-state index in [1.807, 2.05) is 34.6 Å². The second kappa shape index (κ2) is 7.56. The highest BCUT2D eigenvalue weighted by Gasteiger charge is 2.37. The summed E-state index contributed by atoms with van der Waals surface area (Å²) >= 11 is 0. The lowest BCUT2D eigenvalue weighted by Crippen LogP contribution is -2.53. The third-order valence-electron chi connectivity index (χ3n) is 4.65. The SMILES string of the molecule is CC(C)(C)C(=O)NCCN1CCC1CC(C)(C)C(=O)Nc1ncco1. The Morgan fingerprint density at radius 1 is 1.28 bits per heavy atom. The van der Waals surface area contributed by atoms with Crippen LogP contribution >= 0.6 is 0 Å². The van der Waals surface area contributed by atoms with Gasteiger partial charge in [-0.3, -0.25) is 19.8 Å². The first-order chi connectivity index (χ1) is 11.6. The van der Waals surface area contributed by atoms with Gasteiger partial charge in [0.25, 0.3) is 0 Å². The van der Waals surface area contributed by atoms with E-state index < -0.39 is 5.41 Å². The summed E-state index contributed by atoms with van der Waals surface area (Å²) in [5, 5.41) is 5.69. The molecular formula is C18H30N4O3. The van der Waals surface area contributed by atoms with Crippen LogP contribution in [0.5, 0.6) is 0 Å². The zero-order chi connectivity index (χ0) is 18.7. The monoisotopic (exact) mass is 350 g/mol. The minimum absolute atomic E-state index is 0.0650. The average molecular weight is 350 g/mol. The van der Waals surface area contributed by atoms with Crippen molar-refractivity contribution in [1.29, 1.82) is 0 Å². The fourth-order valence-corrected chi connectivity index (χ4v) is 2.83. The quantitative estimate of drug-likeness (QED) is 0.788. The van der Waals surface area contributed by atoms with Crippen molar-refractivity contribution in [3.05, 3.63) is 12.5 Å². The standard InChI is InChI=1S/C18H30N4O3/c1-17(2,3)14(23)19-7-10-22-9-6-13(22)12-18(4,5)15(24)21-16-20-8-11-25-16/h8,11,13H,6-7,9-10,12H2,1-5H3,(H,19,23)(H,20,21,24). The van der Waals surface area contributed by atoms with E-state index in [9.17, 15) is 9.59 Å². The van der Waals surface area contributed by atoms with Gasteiger partial charge in [0.2, 0.25) is 11.8 Å². The van der Waals surface area contributed by atoms with Gasteiger partial charge in [-0.1, -0.05) is 34.6 Å². The Balaban J connectivity index is 1.77. The number of rotatable bonds is 7. The van der Waals surface area contributed by atoms with Gasteiger partial charge in [0.1, 0.15) is 6.26 Å². The highest BCUT2D eigenvalue weighted by Crippen LogP contribution is 2.32. The van der Waals surface area contributed by atoms with Crippen LogP contribution in [0.3, 0.4) is 0 Å². The smallest absolute Gasteiger partial charge is 0.301 e. The summed E-state index contributed by atoms with van der Waals surface area (Å²) in [6, 6.07) is 0.588. The van der Waals surface area contributed by atoms with Gasteiger partial charge >= 0.3 is 6.01 Å². The average Bonchev–Trinajstić information content (AvgIpc) is 2.99. The molecule has 0 aliphatic carbocycles. The topological polar surface area (TPSA) is 87.5 Å². The molecule has 2 amide bonds. The van der Waals surface area contributed by atoms with E-state index >= 15 is 0 Å². The van der Waals surface area contributed by atoms with Crippen molar-refractivity contribution < 1.29 is 14.0 Å². The minimum atomic E-state index is -0.521. The van der Waals surface area contributed by atoms with Crippen molar-refractivity contribution >= 4 is 17.8 Å². The third kappa shape index (κ3) is 5.29. The molecule has 1 unspecified atom stereocenters. The third-order valence-corrected chi connectivity index (χ3v) is 4.65. The highest BCUT2D eigenvalue weighted by atomic mass is 16.4. The lowest BCUT2D eigenvalue weighted by Gasteiger charge is -2.44. The molecule has 1 aliphatic rings. The van der Waals surface area contributed by atoms with Crippen LogP contribution in [-0.4, -0.2) is 47.4 Å². The van der Waals surface area contributed by atoms with Gasteiger partial charge in [0, 0.05) is 30.0 Å². The summed E-state index contributed by atoms with van der Waals surface area (Å²) in [5.41, 5.74) is -0.888. The lowest BCUT2D eigenvalue weighted by atomic mass is 9.81. The van der Waals surface area contributed by atoms with Gasteiger partial charge in [-0.15, -0.1) is 0 Å². The van der Waals surface area contributed by atoms with E-state index in [4.69, 9.17) is 4.42 Å². The van der Waals surface area contributed by atoms with Gasteiger partial charge in [0.15, 0.2) is 0 Å².